The van der Waals surface area contributed by atoms with E-state index in [0.717, 1.165) is 29.8 Å². The lowest BCUT2D eigenvalue weighted by molar-refractivity contribution is 0.0929. The predicted octanol–water partition coefficient (Wildman–Crippen LogP) is 4.85. The van der Waals surface area contributed by atoms with Crippen LogP contribution in [0.1, 0.15) is 47.6 Å². The molecule has 144 valence electrons. The summed E-state index contributed by atoms with van der Waals surface area (Å²) in [6.07, 6.45) is 6.73. The number of carbonyl (C=O) groups is 1. The number of aryl methyl sites for hydroxylation is 1. The van der Waals surface area contributed by atoms with E-state index in [-0.39, 0.29) is 11.9 Å². The highest BCUT2D eigenvalue weighted by Crippen LogP contribution is 2.28. The van der Waals surface area contributed by atoms with Crippen molar-refractivity contribution in [2.75, 3.05) is 5.32 Å². The number of carbonyl (C=O) groups excluding carboxylic acids is 1. The van der Waals surface area contributed by atoms with Crippen LogP contribution < -0.4 is 10.6 Å². The van der Waals surface area contributed by atoms with Crippen molar-refractivity contribution in [1.29, 1.82) is 0 Å². The number of amides is 1. The molecule has 3 rings (SSSR count). The lowest BCUT2D eigenvalue weighted by Gasteiger charge is -2.19. The summed E-state index contributed by atoms with van der Waals surface area (Å²) in [6, 6.07) is 10.7. The second kappa shape index (κ2) is 9.28. The smallest absolute Gasteiger partial charge is 0.270 e. The van der Waals surface area contributed by atoms with E-state index in [1.54, 1.807) is 36.8 Å². The van der Waals surface area contributed by atoms with E-state index in [9.17, 15) is 4.79 Å². The molecule has 0 aromatic carbocycles. The molecule has 0 unspecified atom stereocenters. The van der Waals surface area contributed by atoms with Crippen LogP contribution in [0.25, 0.3) is 0 Å². The van der Waals surface area contributed by atoms with Crippen LogP contribution in [-0.2, 0) is 0 Å². The molecule has 1 atom stereocenters. The number of aromatic nitrogens is 3. The fourth-order valence-corrected chi connectivity index (χ4v) is 2.98. The molecule has 28 heavy (non-hydrogen) atoms. The average Bonchev–Trinajstić information content (AvgIpc) is 2.71. The van der Waals surface area contributed by atoms with Crippen molar-refractivity contribution in [1.82, 2.24) is 20.3 Å². The van der Waals surface area contributed by atoms with Gasteiger partial charge in [-0.25, -0.2) is 4.98 Å². The predicted molar refractivity (Wildman–Crippen MR) is 111 cm³/mol. The third-order valence-electron chi connectivity index (χ3n) is 4.22. The van der Waals surface area contributed by atoms with Crippen molar-refractivity contribution in [3.63, 3.8) is 0 Å². The van der Waals surface area contributed by atoms with E-state index >= 15 is 0 Å². The maximum Gasteiger partial charge on any atom is 0.270 e. The maximum atomic E-state index is 12.5. The summed E-state index contributed by atoms with van der Waals surface area (Å²) in [5.74, 6) is 0.325. The standard InChI is InChI=1S/C21H22ClN5O/c1-3-6-18(27-21(28)19-7-4-5-10-23-19)15-11-17(22)20(25-12-15)26-16-9-8-14(2)24-13-16/h4-5,7-13,18H,3,6H2,1-2H3,(H,25,26)(H,27,28)/t18-/m1/s1. The van der Waals surface area contributed by atoms with Gasteiger partial charge >= 0.3 is 0 Å². The molecule has 0 saturated heterocycles. The highest BCUT2D eigenvalue weighted by atomic mass is 35.5. The van der Waals surface area contributed by atoms with Crippen LogP contribution in [0.2, 0.25) is 5.02 Å². The van der Waals surface area contributed by atoms with E-state index in [1.165, 1.54) is 0 Å². The molecule has 6 nitrogen and oxygen atoms in total. The zero-order valence-electron chi connectivity index (χ0n) is 15.8. The first-order valence-corrected chi connectivity index (χ1v) is 9.51. The van der Waals surface area contributed by atoms with Gasteiger partial charge in [-0.2, -0.15) is 0 Å². The van der Waals surface area contributed by atoms with Gasteiger partial charge in [-0.15, -0.1) is 0 Å². The number of anilines is 2. The molecule has 0 aliphatic heterocycles. The summed E-state index contributed by atoms with van der Waals surface area (Å²) in [5, 5.41) is 6.66. The van der Waals surface area contributed by atoms with E-state index in [0.29, 0.717) is 16.5 Å². The molecule has 0 spiro atoms. The number of halogens is 1. The van der Waals surface area contributed by atoms with E-state index in [4.69, 9.17) is 11.6 Å². The third-order valence-corrected chi connectivity index (χ3v) is 4.51. The van der Waals surface area contributed by atoms with Gasteiger partial charge in [0.15, 0.2) is 0 Å². The van der Waals surface area contributed by atoms with Crippen molar-refractivity contribution in [3.05, 3.63) is 77.0 Å². The summed E-state index contributed by atoms with van der Waals surface area (Å²) in [4.78, 5) is 25.3. The van der Waals surface area contributed by atoms with Crippen LogP contribution in [0.4, 0.5) is 11.5 Å². The molecule has 2 N–H and O–H groups in total. The van der Waals surface area contributed by atoms with Crippen molar-refractivity contribution in [2.24, 2.45) is 0 Å². The highest BCUT2D eigenvalue weighted by molar-refractivity contribution is 6.33. The second-order valence-electron chi connectivity index (χ2n) is 6.44. The van der Waals surface area contributed by atoms with E-state index < -0.39 is 0 Å². The lowest BCUT2D eigenvalue weighted by Crippen LogP contribution is -2.29. The van der Waals surface area contributed by atoms with Crippen LogP contribution >= 0.6 is 11.6 Å². The number of nitrogens with one attached hydrogen (secondary N) is 2. The molecule has 0 saturated carbocycles. The van der Waals surface area contributed by atoms with Gasteiger partial charge in [-0.05, 0) is 49.2 Å². The van der Waals surface area contributed by atoms with Crippen LogP contribution in [0.5, 0.6) is 0 Å². The Kier molecular flexibility index (Phi) is 6.55. The summed E-state index contributed by atoms with van der Waals surface area (Å²) < 4.78 is 0. The maximum absolute atomic E-state index is 12.5. The number of nitrogens with zero attached hydrogens (tertiary/aromatic N) is 3. The van der Waals surface area contributed by atoms with Crippen LogP contribution in [0.3, 0.4) is 0 Å². The number of pyridine rings is 3. The monoisotopic (exact) mass is 395 g/mol. The molecule has 3 aromatic rings. The third kappa shape index (κ3) is 5.04. The first kappa shape index (κ1) is 19.8. The summed E-state index contributed by atoms with van der Waals surface area (Å²) >= 11 is 6.44. The van der Waals surface area contributed by atoms with Crippen LogP contribution in [0, 0.1) is 6.92 Å². The fourth-order valence-electron chi connectivity index (χ4n) is 2.75. The van der Waals surface area contributed by atoms with Gasteiger partial charge in [0, 0.05) is 18.1 Å². The lowest BCUT2D eigenvalue weighted by atomic mass is 10.0. The zero-order valence-corrected chi connectivity index (χ0v) is 16.6. The highest BCUT2D eigenvalue weighted by Gasteiger charge is 2.17. The van der Waals surface area contributed by atoms with Gasteiger partial charge < -0.3 is 10.6 Å². The average molecular weight is 396 g/mol. The van der Waals surface area contributed by atoms with Crippen molar-refractivity contribution in [3.8, 4) is 0 Å². The Labute approximate surface area is 169 Å². The van der Waals surface area contributed by atoms with Gasteiger partial charge in [0.05, 0.1) is 22.9 Å². The molecule has 0 aliphatic rings. The van der Waals surface area contributed by atoms with E-state index in [2.05, 4.69) is 32.5 Å². The molecule has 7 heteroatoms. The van der Waals surface area contributed by atoms with Crippen LogP contribution in [0.15, 0.2) is 55.0 Å². The minimum Gasteiger partial charge on any atom is -0.344 e. The first-order valence-electron chi connectivity index (χ1n) is 9.14. The topological polar surface area (TPSA) is 79.8 Å². The number of rotatable bonds is 7. The largest absolute Gasteiger partial charge is 0.344 e. The van der Waals surface area contributed by atoms with Gasteiger partial charge in [-0.3, -0.25) is 14.8 Å². The zero-order chi connectivity index (χ0) is 19.9. The summed E-state index contributed by atoms with van der Waals surface area (Å²) in [5.41, 5.74) is 2.98. The molecule has 0 bridgehead atoms. The number of hydrogen-bond acceptors (Lipinski definition) is 5. The van der Waals surface area contributed by atoms with Crippen molar-refractivity contribution >= 4 is 29.0 Å². The summed E-state index contributed by atoms with van der Waals surface area (Å²) in [6.45, 7) is 3.99. The quantitative estimate of drug-likeness (QED) is 0.597. The Morgan fingerprint density at radius 2 is 2.00 bits per heavy atom. The van der Waals surface area contributed by atoms with E-state index in [1.807, 2.05) is 25.1 Å². The minimum atomic E-state index is -0.219. The molecular weight excluding hydrogens is 374 g/mol. The number of hydrogen-bond donors (Lipinski definition) is 2. The second-order valence-corrected chi connectivity index (χ2v) is 6.85. The molecule has 0 aliphatic carbocycles. The minimum absolute atomic E-state index is 0.195. The van der Waals surface area contributed by atoms with Gasteiger partial charge in [0.25, 0.3) is 5.91 Å². The SMILES string of the molecule is CCC[C@@H](NC(=O)c1ccccn1)c1cnc(Nc2ccc(C)nc2)c(Cl)c1. The molecule has 3 aromatic heterocycles. The Morgan fingerprint density at radius 3 is 2.64 bits per heavy atom. The van der Waals surface area contributed by atoms with Gasteiger partial charge in [-0.1, -0.05) is 31.0 Å². The molecule has 0 fully saturated rings. The Bertz CT molecular complexity index is 931. The van der Waals surface area contributed by atoms with Crippen molar-refractivity contribution in [2.45, 2.75) is 32.7 Å². The normalized spacial score (nSPS) is 11.7. The Hall–Kier alpha value is -2.99. The van der Waals surface area contributed by atoms with Gasteiger partial charge in [0.2, 0.25) is 0 Å². The first-order chi connectivity index (χ1) is 13.6. The molecule has 1 amide bonds. The van der Waals surface area contributed by atoms with Gasteiger partial charge in [0.1, 0.15) is 11.5 Å². The Balaban J connectivity index is 1.76. The Morgan fingerprint density at radius 1 is 1.14 bits per heavy atom. The fraction of sp³-hybridized carbons (Fsp3) is 0.238. The van der Waals surface area contributed by atoms with Crippen molar-refractivity contribution < 1.29 is 4.79 Å². The molecular formula is C21H22ClN5O. The summed E-state index contributed by atoms with van der Waals surface area (Å²) in [7, 11) is 0. The van der Waals surface area contributed by atoms with Crippen LogP contribution in [-0.4, -0.2) is 20.9 Å². The molecule has 3 heterocycles. The molecule has 0 radical (unpaired) electrons.